The number of allylic oxidation sites excluding steroid dienone is 1. The molecule has 1 saturated heterocycles. The van der Waals surface area contributed by atoms with Gasteiger partial charge in [0, 0.05) is 27.5 Å². The maximum absolute atomic E-state index is 3.70. The lowest BCUT2D eigenvalue weighted by atomic mass is 10.1. The molecule has 0 amide bonds. The van der Waals surface area contributed by atoms with Gasteiger partial charge in [-0.2, -0.15) is 23.5 Å². The van der Waals surface area contributed by atoms with Crippen LogP contribution in [0, 0.1) is 0 Å². The SMILES string of the molecule is CCCNC(C=C(C)C)C1CSC(C)C(C)S1. The molecule has 1 rings (SSSR count). The molecular weight excluding hydrogens is 246 g/mol. The molecule has 4 unspecified atom stereocenters. The average Bonchev–Trinajstić information content (AvgIpc) is 2.27. The molecule has 0 radical (unpaired) electrons. The molecular formula is C14H27NS2. The number of rotatable bonds is 5. The summed E-state index contributed by atoms with van der Waals surface area (Å²) < 4.78 is 0. The Morgan fingerprint density at radius 3 is 2.59 bits per heavy atom. The van der Waals surface area contributed by atoms with Crippen molar-refractivity contribution in [3.05, 3.63) is 11.6 Å². The number of hydrogen-bond acceptors (Lipinski definition) is 3. The summed E-state index contributed by atoms with van der Waals surface area (Å²) in [5, 5.41) is 6.00. The summed E-state index contributed by atoms with van der Waals surface area (Å²) in [5.74, 6) is 1.28. The second-order valence-corrected chi connectivity index (χ2v) is 8.17. The molecule has 17 heavy (non-hydrogen) atoms. The second kappa shape index (κ2) is 7.75. The zero-order chi connectivity index (χ0) is 12.8. The Balaban J connectivity index is 2.60. The van der Waals surface area contributed by atoms with Crippen LogP contribution in [0.5, 0.6) is 0 Å². The molecule has 100 valence electrons. The smallest absolute Gasteiger partial charge is 0.0380 e. The Bertz CT molecular complexity index is 249. The van der Waals surface area contributed by atoms with Crippen molar-refractivity contribution in [1.82, 2.24) is 5.32 Å². The monoisotopic (exact) mass is 273 g/mol. The first kappa shape index (κ1) is 15.5. The minimum atomic E-state index is 0.549. The zero-order valence-electron chi connectivity index (χ0n) is 11.8. The first-order valence-electron chi connectivity index (χ1n) is 6.70. The molecule has 0 saturated carbocycles. The summed E-state index contributed by atoms with van der Waals surface area (Å²) >= 11 is 4.30. The molecule has 1 N–H and O–H groups in total. The lowest BCUT2D eigenvalue weighted by molar-refractivity contribution is 0.580. The van der Waals surface area contributed by atoms with Crippen LogP contribution in [-0.2, 0) is 0 Å². The van der Waals surface area contributed by atoms with Gasteiger partial charge in [-0.05, 0) is 26.8 Å². The van der Waals surface area contributed by atoms with Gasteiger partial charge in [-0.3, -0.25) is 0 Å². The van der Waals surface area contributed by atoms with Crippen LogP contribution in [-0.4, -0.2) is 34.1 Å². The van der Waals surface area contributed by atoms with E-state index >= 15 is 0 Å². The largest absolute Gasteiger partial charge is 0.309 e. The van der Waals surface area contributed by atoms with E-state index in [-0.39, 0.29) is 0 Å². The Morgan fingerprint density at radius 2 is 2.06 bits per heavy atom. The topological polar surface area (TPSA) is 12.0 Å². The summed E-state index contributed by atoms with van der Waals surface area (Å²) in [6.45, 7) is 12.5. The van der Waals surface area contributed by atoms with Gasteiger partial charge in [0.1, 0.15) is 0 Å². The highest BCUT2D eigenvalue weighted by Gasteiger charge is 2.29. The number of nitrogens with one attached hydrogen (secondary N) is 1. The fourth-order valence-electron chi connectivity index (χ4n) is 1.96. The van der Waals surface area contributed by atoms with Crippen LogP contribution >= 0.6 is 23.5 Å². The highest BCUT2D eigenvalue weighted by Crippen LogP contribution is 2.37. The number of hydrogen-bond donors (Lipinski definition) is 1. The van der Waals surface area contributed by atoms with Crippen LogP contribution in [0.2, 0.25) is 0 Å². The first-order chi connectivity index (χ1) is 8.04. The Labute approximate surface area is 116 Å². The molecule has 0 spiro atoms. The van der Waals surface area contributed by atoms with Crippen molar-refractivity contribution in [2.24, 2.45) is 0 Å². The Hall–Kier alpha value is 0.400. The minimum Gasteiger partial charge on any atom is -0.309 e. The first-order valence-corrected chi connectivity index (χ1v) is 8.69. The van der Waals surface area contributed by atoms with E-state index < -0.39 is 0 Å². The van der Waals surface area contributed by atoms with E-state index in [2.05, 4.69) is 69.5 Å². The lowest BCUT2D eigenvalue weighted by Gasteiger charge is -2.35. The van der Waals surface area contributed by atoms with Crippen molar-refractivity contribution < 1.29 is 0 Å². The number of thioether (sulfide) groups is 2. The maximum atomic E-state index is 3.70. The third kappa shape index (κ3) is 5.27. The average molecular weight is 274 g/mol. The van der Waals surface area contributed by atoms with Gasteiger partial charge >= 0.3 is 0 Å². The van der Waals surface area contributed by atoms with Crippen LogP contribution in [0.1, 0.15) is 41.0 Å². The second-order valence-electron chi connectivity index (χ2n) is 5.14. The van der Waals surface area contributed by atoms with E-state index in [1.54, 1.807) is 0 Å². The van der Waals surface area contributed by atoms with Crippen molar-refractivity contribution in [3.8, 4) is 0 Å². The van der Waals surface area contributed by atoms with E-state index in [1.165, 1.54) is 17.7 Å². The van der Waals surface area contributed by atoms with E-state index in [1.807, 2.05) is 0 Å². The van der Waals surface area contributed by atoms with Gasteiger partial charge in [-0.15, -0.1) is 0 Å². The Kier molecular flexibility index (Phi) is 7.05. The lowest BCUT2D eigenvalue weighted by Crippen LogP contribution is -2.42. The predicted molar refractivity (Wildman–Crippen MR) is 84.3 cm³/mol. The van der Waals surface area contributed by atoms with Crippen LogP contribution in [0.25, 0.3) is 0 Å². The fourth-order valence-corrected chi connectivity index (χ4v) is 5.03. The highest BCUT2D eigenvalue weighted by atomic mass is 32.2. The Morgan fingerprint density at radius 1 is 1.35 bits per heavy atom. The van der Waals surface area contributed by atoms with Gasteiger partial charge in [0.15, 0.2) is 0 Å². The highest BCUT2D eigenvalue weighted by molar-refractivity contribution is 8.07. The molecule has 0 aromatic carbocycles. The molecule has 4 atom stereocenters. The van der Waals surface area contributed by atoms with Crippen LogP contribution in [0.15, 0.2) is 11.6 Å². The van der Waals surface area contributed by atoms with Crippen molar-refractivity contribution in [1.29, 1.82) is 0 Å². The van der Waals surface area contributed by atoms with E-state index in [9.17, 15) is 0 Å². The minimum absolute atomic E-state index is 0.549. The molecule has 0 aromatic heterocycles. The van der Waals surface area contributed by atoms with Gasteiger partial charge in [-0.25, -0.2) is 0 Å². The predicted octanol–water partition coefficient (Wildman–Crippen LogP) is 3.95. The quantitative estimate of drug-likeness (QED) is 0.762. The van der Waals surface area contributed by atoms with Gasteiger partial charge < -0.3 is 5.32 Å². The molecule has 1 heterocycles. The zero-order valence-corrected chi connectivity index (χ0v) is 13.5. The van der Waals surface area contributed by atoms with Gasteiger partial charge in [0.25, 0.3) is 0 Å². The fraction of sp³-hybridized carbons (Fsp3) is 0.857. The van der Waals surface area contributed by atoms with Crippen LogP contribution in [0.4, 0.5) is 0 Å². The van der Waals surface area contributed by atoms with Gasteiger partial charge in [0.05, 0.1) is 0 Å². The van der Waals surface area contributed by atoms with Crippen molar-refractivity contribution in [2.75, 3.05) is 12.3 Å². The molecule has 1 aliphatic heterocycles. The summed E-state index contributed by atoms with van der Waals surface area (Å²) in [7, 11) is 0. The van der Waals surface area contributed by atoms with E-state index in [0.717, 1.165) is 22.3 Å². The molecule has 1 nitrogen and oxygen atoms in total. The molecule has 0 bridgehead atoms. The molecule has 3 heteroatoms. The normalized spacial score (nSPS) is 31.0. The van der Waals surface area contributed by atoms with Crippen molar-refractivity contribution in [3.63, 3.8) is 0 Å². The maximum Gasteiger partial charge on any atom is 0.0380 e. The molecule has 1 aliphatic rings. The van der Waals surface area contributed by atoms with Gasteiger partial charge in [-0.1, -0.05) is 32.4 Å². The van der Waals surface area contributed by atoms with Crippen LogP contribution < -0.4 is 5.32 Å². The van der Waals surface area contributed by atoms with Gasteiger partial charge in [0.2, 0.25) is 0 Å². The summed E-state index contributed by atoms with van der Waals surface area (Å²) in [6.07, 6.45) is 3.63. The van der Waals surface area contributed by atoms with Crippen LogP contribution in [0.3, 0.4) is 0 Å². The van der Waals surface area contributed by atoms with E-state index in [4.69, 9.17) is 0 Å². The van der Waals surface area contributed by atoms with Crippen molar-refractivity contribution in [2.45, 2.75) is 62.8 Å². The molecule has 1 fully saturated rings. The third-order valence-corrected chi connectivity index (χ3v) is 6.63. The van der Waals surface area contributed by atoms with Crippen molar-refractivity contribution >= 4 is 23.5 Å². The molecule has 0 aliphatic carbocycles. The summed E-state index contributed by atoms with van der Waals surface area (Å²) in [4.78, 5) is 0. The van der Waals surface area contributed by atoms with E-state index in [0.29, 0.717) is 6.04 Å². The molecule has 0 aromatic rings. The standard InChI is InChI=1S/C14H27NS2/c1-6-7-15-13(8-10(2)3)14-9-16-11(4)12(5)17-14/h8,11-15H,6-7,9H2,1-5H3. The summed E-state index contributed by atoms with van der Waals surface area (Å²) in [6, 6.07) is 0.549. The third-order valence-electron chi connectivity index (χ3n) is 3.12. The summed E-state index contributed by atoms with van der Waals surface area (Å²) in [5.41, 5.74) is 1.43.